The Morgan fingerprint density at radius 2 is 1.30 bits per heavy atom. The number of carbonyl (C=O) groups is 2. The van der Waals surface area contributed by atoms with Crippen LogP contribution in [0.15, 0.2) is 78.9 Å². The van der Waals surface area contributed by atoms with Gasteiger partial charge in [-0.1, -0.05) is 73.2 Å². The van der Waals surface area contributed by atoms with E-state index < -0.39 is 5.97 Å². The van der Waals surface area contributed by atoms with Gasteiger partial charge in [-0.3, -0.25) is 4.79 Å². The molecule has 2 N–H and O–H groups in total. The van der Waals surface area contributed by atoms with Gasteiger partial charge >= 0.3 is 5.97 Å². The molecule has 0 aliphatic carbocycles. The van der Waals surface area contributed by atoms with Crippen molar-refractivity contribution in [2.75, 3.05) is 5.32 Å². The number of carbonyl (C=O) groups excluding carboxylic acids is 1. The summed E-state index contributed by atoms with van der Waals surface area (Å²) in [4.78, 5) is 23.7. The van der Waals surface area contributed by atoms with Crippen LogP contribution in [-0.4, -0.2) is 17.0 Å². The molecule has 4 heteroatoms. The minimum Gasteiger partial charge on any atom is -0.478 e. The lowest BCUT2D eigenvalue weighted by Crippen LogP contribution is -2.15. The van der Waals surface area contributed by atoms with Crippen molar-refractivity contribution in [2.45, 2.75) is 38.5 Å². The molecule has 3 aromatic carbocycles. The Labute approximate surface area is 177 Å². The van der Waals surface area contributed by atoms with Crippen LogP contribution in [-0.2, 0) is 24.1 Å². The summed E-state index contributed by atoms with van der Waals surface area (Å²) in [6, 6.07) is 24.8. The zero-order chi connectivity index (χ0) is 21.2. The Balaban J connectivity index is 1.48. The molecule has 0 radical (unpaired) electrons. The number of hydrogen-bond donors (Lipinski definition) is 2. The van der Waals surface area contributed by atoms with E-state index in [1.807, 2.05) is 60.7 Å². The van der Waals surface area contributed by atoms with Gasteiger partial charge in [0, 0.05) is 5.69 Å². The van der Waals surface area contributed by atoms with Crippen molar-refractivity contribution in [3.8, 4) is 0 Å². The van der Waals surface area contributed by atoms with E-state index in [2.05, 4.69) is 11.4 Å². The van der Waals surface area contributed by atoms with Gasteiger partial charge in [0.2, 0.25) is 5.91 Å². The molecule has 1 amide bonds. The molecule has 0 aliphatic rings. The summed E-state index contributed by atoms with van der Waals surface area (Å²) in [6.45, 7) is 0. The van der Waals surface area contributed by atoms with E-state index in [0.29, 0.717) is 12.0 Å². The Morgan fingerprint density at radius 1 is 0.700 bits per heavy atom. The lowest BCUT2D eigenvalue weighted by molar-refractivity contribution is -0.115. The van der Waals surface area contributed by atoms with E-state index in [0.717, 1.165) is 54.5 Å². The highest BCUT2D eigenvalue weighted by Crippen LogP contribution is 2.19. The first-order chi connectivity index (χ1) is 14.6. The van der Waals surface area contributed by atoms with Crippen LogP contribution >= 0.6 is 0 Å². The first kappa shape index (κ1) is 21.3. The van der Waals surface area contributed by atoms with Crippen molar-refractivity contribution in [2.24, 2.45) is 0 Å². The summed E-state index contributed by atoms with van der Waals surface area (Å²) in [5, 5.41) is 12.3. The van der Waals surface area contributed by atoms with Crippen LogP contribution in [0.1, 0.15) is 46.3 Å². The van der Waals surface area contributed by atoms with Gasteiger partial charge in [0.05, 0.1) is 12.0 Å². The highest BCUT2D eigenvalue weighted by Gasteiger charge is 2.09. The quantitative estimate of drug-likeness (QED) is 0.440. The zero-order valence-electron chi connectivity index (χ0n) is 17.0. The number of unbranched alkanes of at least 4 members (excludes halogenated alkanes) is 2. The largest absolute Gasteiger partial charge is 0.478 e. The summed E-state index contributed by atoms with van der Waals surface area (Å²) >= 11 is 0. The maximum absolute atomic E-state index is 12.4. The molecular weight excluding hydrogens is 374 g/mol. The molecule has 0 spiro atoms. The molecule has 0 aromatic heterocycles. The fourth-order valence-electron chi connectivity index (χ4n) is 3.59. The van der Waals surface area contributed by atoms with Gasteiger partial charge in [-0.05, 0) is 54.5 Å². The van der Waals surface area contributed by atoms with E-state index >= 15 is 0 Å². The first-order valence-electron chi connectivity index (χ1n) is 10.4. The monoisotopic (exact) mass is 401 g/mol. The molecule has 0 unspecified atom stereocenters. The molecule has 3 rings (SSSR count). The third kappa shape index (κ3) is 6.31. The predicted molar refractivity (Wildman–Crippen MR) is 120 cm³/mol. The Morgan fingerprint density at radius 3 is 2.03 bits per heavy atom. The number of anilines is 1. The van der Waals surface area contributed by atoms with Crippen molar-refractivity contribution in [3.63, 3.8) is 0 Å². The maximum Gasteiger partial charge on any atom is 0.335 e. The first-order valence-corrected chi connectivity index (χ1v) is 10.4. The summed E-state index contributed by atoms with van der Waals surface area (Å²) < 4.78 is 0. The number of carboxylic acids is 1. The molecule has 0 saturated carbocycles. The molecule has 154 valence electrons. The minimum atomic E-state index is -0.870. The molecule has 0 aliphatic heterocycles. The van der Waals surface area contributed by atoms with Crippen LogP contribution < -0.4 is 5.32 Å². The van der Waals surface area contributed by atoms with Crippen molar-refractivity contribution in [1.29, 1.82) is 0 Å². The summed E-state index contributed by atoms with van der Waals surface area (Å²) in [5.74, 6) is -0.885. The van der Waals surface area contributed by atoms with E-state index in [9.17, 15) is 14.7 Å². The van der Waals surface area contributed by atoms with Gasteiger partial charge in [-0.25, -0.2) is 4.79 Å². The van der Waals surface area contributed by atoms with E-state index in [1.54, 1.807) is 12.1 Å². The van der Waals surface area contributed by atoms with Crippen LogP contribution in [0.25, 0.3) is 0 Å². The van der Waals surface area contributed by atoms with E-state index in [-0.39, 0.29) is 5.91 Å². The lowest BCUT2D eigenvalue weighted by atomic mass is 9.99. The Hall–Kier alpha value is -3.40. The third-order valence-electron chi connectivity index (χ3n) is 5.14. The molecular formula is C26H27NO3. The third-order valence-corrected chi connectivity index (χ3v) is 5.14. The fraction of sp³-hybridized carbons (Fsp3) is 0.231. The predicted octanol–water partition coefficient (Wildman–Crippen LogP) is 5.52. The number of para-hydroxylation sites is 1. The molecule has 0 fully saturated rings. The number of benzene rings is 3. The van der Waals surface area contributed by atoms with Gasteiger partial charge in [0.15, 0.2) is 0 Å². The van der Waals surface area contributed by atoms with Crippen LogP contribution in [0, 0.1) is 0 Å². The highest BCUT2D eigenvalue weighted by molar-refractivity contribution is 5.93. The number of aromatic carboxylic acids is 1. The fourth-order valence-corrected chi connectivity index (χ4v) is 3.59. The normalized spacial score (nSPS) is 10.5. The van der Waals surface area contributed by atoms with Gasteiger partial charge in [0.1, 0.15) is 0 Å². The average molecular weight is 402 g/mol. The lowest BCUT2D eigenvalue weighted by Gasteiger charge is -2.11. The van der Waals surface area contributed by atoms with Gasteiger partial charge in [0.25, 0.3) is 0 Å². The number of nitrogens with one attached hydrogen (secondary N) is 1. The van der Waals surface area contributed by atoms with Crippen LogP contribution in [0.2, 0.25) is 0 Å². The average Bonchev–Trinajstić information content (AvgIpc) is 2.75. The van der Waals surface area contributed by atoms with Crippen LogP contribution in [0.5, 0.6) is 0 Å². The summed E-state index contributed by atoms with van der Waals surface area (Å²) in [7, 11) is 0. The minimum absolute atomic E-state index is 0.0149. The van der Waals surface area contributed by atoms with Crippen molar-refractivity contribution < 1.29 is 14.7 Å². The summed E-state index contributed by atoms with van der Waals surface area (Å²) in [6.07, 6.45) is 4.92. The second-order valence-corrected chi connectivity index (χ2v) is 7.39. The Bertz CT molecular complexity index is 982. The van der Waals surface area contributed by atoms with Crippen LogP contribution in [0.3, 0.4) is 0 Å². The number of carboxylic acid groups (broad SMARTS) is 1. The van der Waals surface area contributed by atoms with Crippen molar-refractivity contribution >= 4 is 17.6 Å². The topological polar surface area (TPSA) is 66.4 Å². The summed E-state index contributed by atoms with van der Waals surface area (Å²) in [5.41, 5.74) is 4.27. The number of rotatable bonds is 10. The van der Waals surface area contributed by atoms with E-state index in [1.165, 1.54) is 0 Å². The highest BCUT2D eigenvalue weighted by atomic mass is 16.4. The molecule has 0 heterocycles. The smallest absolute Gasteiger partial charge is 0.335 e. The Kier molecular flexibility index (Phi) is 7.78. The molecule has 0 saturated heterocycles. The molecule has 0 bridgehead atoms. The molecule has 0 atom stereocenters. The SMILES string of the molecule is O=C(Cc1ccccc1)Nc1ccccc1CCCCCc1ccccc1C(=O)O. The van der Waals surface area contributed by atoms with Crippen molar-refractivity contribution in [1.82, 2.24) is 0 Å². The number of hydrogen-bond acceptors (Lipinski definition) is 2. The second-order valence-electron chi connectivity index (χ2n) is 7.39. The number of amides is 1. The van der Waals surface area contributed by atoms with Gasteiger partial charge in [-0.15, -0.1) is 0 Å². The van der Waals surface area contributed by atoms with E-state index in [4.69, 9.17) is 0 Å². The zero-order valence-corrected chi connectivity index (χ0v) is 17.0. The molecule has 3 aromatic rings. The second kappa shape index (κ2) is 11.0. The molecule has 4 nitrogen and oxygen atoms in total. The van der Waals surface area contributed by atoms with Gasteiger partial charge in [-0.2, -0.15) is 0 Å². The standard InChI is InChI=1S/C26H27NO3/c28-25(19-20-11-3-1-4-12-20)27-24-18-10-8-16-22(24)15-6-2-5-13-21-14-7-9-17-23(21)26(29)30/h1,3-4,7-12,14,16-18H,2,5-6,13,15,19H2,(H,27,28)(H,29,30). The van der Waals surface area contributed by atoms with Crippen LogP contribution in [0.4, 0.5) is 5.69 Å². The molecule has 30 heavy (non-hydrogen) atoms. The maximum atomic E-state index is 12.4. The number of aryl methyl sites for hydroxylation is 2. The van der Waals surface area contributed by atoms with Gasteiger partial charge < -0.3 is 10.4 Å². The van der Waals surface area contributed by atoms with Crippen molar-refractivity contribution in [3.05, 3.63) is 101 Å².